The van der Waals surface area contributed by atoms with Crippen molar-refractivity contribution in [2.75, 3.05) is 6.61 Å². The molecule has 4 atom stereocenters. The largest absolute Gasteiger partial charge is 0.459 e. The van der Waals surface area contributed by atoms with Gasteiger partial charge in [-0.2, -0.15) is 0 Å². The molecule has 2 aromatic carbocycles. The van der Waals surface area contributed by atoms with Crippen LogP contribution in [0.1, 0.15) is 20.7 Å². The van der Waals surface area contributed by atoms with Crippen LogP contribution in [-0.2, 0) is 14.2 Å². The molecule has 7 nitrogen and oxygen atoms in total. The third kappa shape index (κ3) is 4.08. The van der Waals surface area contributed by atoms with Crippen LogP contribution < -0.4 is 0 Å². The summed E-state index contributed by atoms with van der Waals surface area (Å²) in [6, 6.07) is 16.6. The molecule has 0 aliphatic carbocycles. The number of benzene rings is 2. The molecule has 0 bridgehead atoms. The van der Waals surface area contributed by atoms with Crippen molar-refractivity contribution in [3.05, 3.63) is 71.8 Å². The number of hydrogen-bond donors (Lipinski definition) is 2. The minimum absolute atomic E-state index is 0.283. The van der Waals surface area contributed by atoms with Gasteiger partial charge in [-0.25, -0.2) is 9.59 Å². The number of carbonyl (C=O) groups excluding carboxylic acids is 2. The van der Waals surface area contributed by atoms with Gasteiger partial charge in [0.1, 0.15) is 18.8 Å². The van der Waals surface area contributed by atoms with Crippen LogP contribution in [-0.4, -0.2) is 53.4 Å². The van der Waals surface area contributed by atoms with Crippen LogP contribution in [0, 0.1) is 0 Å². The molecule has 1 aliphatic rings. The molecule has 3 unspecified atom stereocenters. The van der Waals surface area contributed by atoms with Crippen LogP contribution in [0.15, 0.2) is 60.7 Å². The molecule has 2 aromatic rings. The average Bonchev–Trinajstić information content (AvgIpc) is 2.95. The maximum atomic E-state index is 12.2. The highest BCUT2D eigenvalue weighted by Crippen LogP contribution is 2.24. The third-order valence-electron chi connectivity index (χ3n) is 3.95. The van der Waals surface area contributed by atoms with Gasteiger partial charge in [0.25, 0.3) is 0 Å². The first-order valence-corrected chi connectivity index (χ1v) is 8.06. The Morgan fingerprint density at radius 2 is 1.42 bits per heavy atom. The number of carbonyl (C=O) groups is 2. The van der Waals surface area contributed by atoms with Crippen molar-refractivity contribution in [1.29, 1.82) is 0 Å². The number of esters is 2. The normalized spacial score (nSPS) is 24.8. The molecule has 3 rings (SSSR count). The summed E-state index contributed by atoms with van der Waals surface area (Å²) in [5.41, 5.74) is 0.644. The summed E-state index contributed by atoms with van der Waals surface area (Å²) in [6.07, 6.45) is -5.13. The summed E-state index contributed by atoms with van der Waals surface area (Å²) < 4.78 is 15.6. The molecule has 0 aromatic heterocycles. The number of hydrogen-bond acceptors (Lipinski definition) is 7. The fourth-order valence-corrected chi connectivity index (χ4v) is 2.58. The number of aliphatic hydroxyl groups is 2. The maximum Gasteiger partial charge on any atom is 0.338 e. The van der Waals surface area contributed by atoms with E-state index in [0.717, 1.165) is 0 Å². The number of aliphatic hydroxyl groups excluding tert-OH is 2. The Hall–Kier alpha value is -2.74. The van der Waals surface area contributed by atoms with Crippen LogP contribution >= 0.6 is 0 Å². The smallest absolute Gasteiger partial charge is 0.338 e. The lowest BCUT2D eigenvalue weighted by Gasteiger charge is -2.20. The standard InChI is InChI=1S/C19H18O7/c20-15-16(26-18(22)13-9-5-2-6-10-13)14(25-19(15)23)11-24-17(21)12-7-3-1-4-8-12/h1-10,14-16,19-20,23H,11H2/t14?,15?,16?,19-/m1/s1. The van der Waals surface area contributed by atoms with E-state index in [0.29, 0.717) is 11.1 Å². The molecular formula is C19H18O7. The van der Waals surface area contributed by atoms with Gasteiger partial charge in [0.15, 0.2) is 12.4 Å². The van der Waals surface area contributed by atoms with Gasteiger partial charge < -0.3 is 24.4 Å². The predicted octanol–water partition coefficient (Wildman–Crippen LogP) is 1.15. The van der Waals surface area contributed by atoms with Crippen LogP contribution in [0.4, 0.5) is 0 Å². The average molecular weight is 358 g/mol. The quantitative estimate of drug-likeness (QED) is 0.773. The predicted molar refractivity (Wildman–Crippen MR) is 89.3 cm³/mol. The van der Waals surface area contributed by atoms with Crippen LogP contribution in [0.25, 0.3) is 0 Å². The Bertz CT molecular complexity index is 747. The molecule has 1 saturated heterocycles. The lowest BCUT2D eigenvalue weighted by atomic mass is 10.1. The van der Waals surface area contributed by atoms with E-state index in [9.17, 15) is 19.8 Å². The molecule has 2 N–H and O–H groups in total. The van der Waals surface area contributed by atoms with Crippen molar-refractivity contribution in [2.45, 2.75) is 24.6 Å². The van der Waals surface area contributed by atoms with E-state index >= 15 is 0 Å². The Morgan fingerprint density at radius 1 is 0.885 bits per heavy atom. The molecule has 26 heavy (non-hydrogen) atoms. The van der Waals surface area contributed by atoms with Crippen molar-refractivity contribution in [1.82, 2.24) is 0 Å². The zero-order valence-corrected chi connectivity index (χ0v) is 13.7. The van der Waals surface area contributed by atoms with Crippen LogP contribution in [0.2, 0.25) is 0 Å². The van der Waals surface area contributed by atoms with Crippen molar-refractivity contribution < 1.29 is 34.0 Å². The zero-order chi connectivity index (χ0) is 18.5. The van der Waals surface area contributed by atoms with Gasteiger partial charge >= 0.3 is 11.9 Å². The monoisotopic (exact) mass is 358 g/mol. The molecule has 1 heterocycles. The second-order valence-electron chi connectivity index (χ2n) is 5.76. The van der Waals surface area contributed by atoms with Crippen LogP contribution in [0.5, 0.6) is 0 Å². The Morgan fingerprint density at radius 3 is 2.00 bits per heavy atom. The van der Waals surface area contributed by atoms with Gasteiger partial charge in [0.2, 0.25) is 0 Å². The Balaban J connectivity index is 1.63. The fraction of sp³-hybridized carbons (Fsp3) is 0.263. The molecule has 1 aliphatic heterocycles. The Labute approximate surface area is 149 Å². The van der Waals surface area contributed by atoms with Gasteiger partial charge in [-0.05, 0) is 24.3 Å². The minimum Gasteiger partial charge on any atom is -0.459 e. The first kappa shape index (κ1) is 18.1. The molecule has 1 fully saturated rings. The van der Waals surface area contributed by atoms with Crippen molar-refractivity contribution in [3.63, 3.8) is 0 Å². The van der Waals surface area contributed by atoms with E-state index in [1.807, 2.05) is 0 Å². The summed E-state index contributed by atoms with van der Waals surface area (Å²) in [5.74, 6) is -1.26. The topological polar surface area (TPSA) is 102 Å². The number of ether oxygens (including phenoxy) is 3. The highest BCUT2D eigenvalue weighted by Gasteiger charge is 2.46. The highest BCUT2D eigenvalue weighted by atomic mass is 16.7. The van der Waals surface area contributed by atoms with Crippen molar-refractivity contribution in [2.24, 2.45) is 0 Å². The zero-order valence-electron chi connectivity index (χ0n) is 13.7. The first-order chi connectivity index (χ1) is 12.6. The summed E-state index contributed by atoms with van der Waals surface area (Å²) >= 11 is 0. The molecule has 0 spiro atoms. The molecule has 136 valence electrons. The Kier molecular flexibility index (Phi) is 5.62. The second-order valence-corrected chi connectivity index (χ2v) is 5.76. The summed E-state index contributed by atoms with van der Waals surface area (Å²) in [7, 11) is 0. The van der Waals surface area contributed by atoms with Gasteiger partial charge in [-0.1, -0.05) is 36.4 Å². The van der Waals surface area contributed by atoms with Gasteiger partial charge in [0.05, 0.1) is 11.1 Å². The molecule has 0 amide bonds. The second kappa shape index (κ2) is 8.09. The van der Waals surface area contributed by atoms with E-state index in [2.05, 4.69) is 0 Å². The molecule has 7 heteroatoms. The van der Waals surface area contributed by atoms with Gasteiger partial charge in [0, 0.05) is 0 Å². The number of rotatable bonds is 5. The highest BCUT2D eigenvalue weighted by molar-refractivity contribution is 5.90. The van der Waals surface area contributed by atoms with E-state index in [-0.39, 0.29) is 6.61 Å². The van der Waals surface area contributed by atoms with Crippen LogP contribution in [0.3, 0.4) is 0 Å². The maximum absolute atomic E-state index is 12.2. The van der Waals surface area contributed by atoms with E-state index in [1.165, 1.54) is 0 Å². The minimum atomic E-state index is -1.54. The lowest BCUT2D eigenvalue weighted by Crippen LogP contribution is -2.39. The SMILES string of the molecule is O=C(OCC1O[C@@H](O)C(O)C1OC(=O)c1ccccc1)c1ccccc1. The van der Waals surface area contributed by atoms with E-state index in [4.69, 9.17) is 14.2 Å². The summed E-state index contributed by atoms with van der Waals surface area (Å²) in [5, 5.41) is 19.7. The molecule has 0 saturated carbocycles. The van der Waals surface area contributed by atoms with Crippen molar-refractivity contribution in [3.8, 4) is 0 Å². The molecule has 0 radical (unpaired) electrons. The van der Waals surface area contributed by atoms with E-state index < -0.39 is 36.5 Å². The lowest BCUT2D eigenvalue weighted by molar-refractivity contribution is -0.133. The van der Waals surface area contributed by atoms with E-state index in [1.54, 1.807) is 60.7 Å². The fourth-order valence-electron chi connectivity index (χ4n) is 2.58. The van der Waals surface area contributed by atoms with Gasteiger partial charge in [-0.15, -0.1) is 0 Å². The van der Waals surface area contributed by atoms with Gasteiger partial charge in [-0.3, -0.25) is 0 Å². The molecular weight excluding hydrogens is 340 g/mol. The first-order valence-electron chi connectivity index (χ1n) is 8.06. The summed E-state index contributed by atoms with van der Waals surface area (Å²) in [6.45, 7) is -0.283. The summed E-state index contributed by atoms with van der Waals surface area (Å²) in [4.78, 5) is 24.2. The third-order valence-corrected chi connectivity index (χ3v) is 3.95. The van der Waals surface area contributed by atoms with Crippen molar-refractivity contribution >= 4 is 11.9 Å².